The number of nitrogens with two attached hydrogens (primary N) is 1. The lowest BCUT2D eigenvalue weighted by Gasteiger charge is -2.27. The molecule has 0 aromatic rings. The Morgan fingerprint density at radius 3 is 2.25 bits per heavy atom. The molecule has 5 heteroatoms. The molecule has 1 rings (SSSR count). The molecule has 0 aromatic heterocycles. The van der Waals surface area contributed by atoms with Crippen LogP contribution in [0.25, 0.3) is 0 Å². The second kappa shape index (κ2) is 5.50. The third-order valence-corrected chi connectivity index (χ3v) is 3.19. The highest BCUT2D eigenvalue weighted by molar-refractivity contribution is 6.04. The van der Waals surface area contributed by atoms with Crippen LogP contribution in [-0.2, 0) is 9.59 Å². The highest BCUT2D eigenvalue weighted by atomic mass is 16.2. The second-order valence-electron chi connectivity index (χ2n) is 4.20. The lowest BCUT2D eigenvalue weighted by Crippen LogP contribution is -2.49. The summed E-state index contributed by atoms with van der Waals surface area (Å²) in [5.74, 6) is -0.951. The molecule has 0 heterocycles. The average molecular weight is 223 g/mol. The molecule has 0 radical (unpaired) electrons. The zero-order valence-corrected chi connectivity index (χ0v) is 9.29. The van der Waals surface area contributed by atoms with Crippen molar-refractivity contribution in [1.82, 2.24) is 5.32 Å². The van der Waals surface area contributed by atoms with E-state index in [2.05, 4.69) is 5.32 Å². The lowest BCUT2D eigenvalue weighted by atomic mass is 9.78. The number of amides is 2. The molecule has 0 unspecified atom stereocenters. The van der Waals surface area contributed by atoms with E-state index >= 15 is 0 Å². The number of hydrogen-bond acceptors (Lipinski definition) is 3. The summed E-state index contributed by atoms with van der Waals surface area (Å²) in [7, 11) is 0. The van der Waals surface area contributed by atoms with Crippen LogP contribution in [0.5, 0.6) is 0 Å². The molecule has 0 atom stereocenters. The van der Waals surface area contributed by atoms with Crippen LogP contribution in [-0.4, -0.2) is 18.4 Å². The Morgan fingerprint density at radius 2 is 1.81 bits per heavy atom. The van der Waals surface area contributed by atoms with Crippen LogP contribution in [0.4, 0.5) is 0 Å². The standard InChI is InChI=1S/C11H17N3O2/c12-7-8-14-10(16)11(9(13)15)5-3-1-2-4-6-11/h1-6,8H2,(H2,13,15)(H,14,16). The monoisotopic (exact) mass is 223 g/mol. The molecule has 0 bridgehead atoms. The molecular weight excluding hydrogens is 206 g/mol. The molecule has 16 heavy (non-hydrogen) atoms. The predicted molar refractivity (Wildman–Crippen MR) is 58.0 cm³/mol. The van der Waals surface area contributed by atoms with Crippen molar-refractivity contribution < 1.29 is 9.59 Å². The maximum absolute atomic E-state index is 11.9. The Morgan fingerprint density at radius 1 is 1.25 bits per heavy atom. The molecule has 3 N–H and O–H groups in total. The molecule has 5 nitrogen and oxygen atoms in total. The number of rotatable bonds is 3. The number of nitrogens with one attached hydrogen (secondary N) is 1. The van der Waals surface area contributed by atoms with Gasteiger partial charge in [-0.3, -0.25) is 9.59 Å². The predicted octanol–water partition coefficient (Wildman–Crippen LogP) is 0.452. The van der Waals surface area contributed by atoms with Crippen LogP contribution >= 0.6 is 0 Å². The summed E-state index contributed by atoms with van der Waals surface area (Å²) < 4.78 is 0. The first-order valence-corrected chi connectivity index (χ1v) is 5.58. The molecule has 0 spiro atoms. The van der Waals surface area contributed by atoms with Crippen LogP contribution < -0.4 is 11.1 Å². The van der Waals surface area contributed by atoms with Gasteiger partial charge >= 0.3 is 0 Å². The third-order valence-electron chi connectivity index (χ3n) is 3.19. The minimum atomic E-state index is -1.09. The number of nitrogens with zero attached hydrogens (tertiary/aromatic N) is 1. The van der Waals surface area contributed by atoms with Gasteiger partial charge in [0.2, 0.25) is 11.8 Å². The van der Waals surface area contributed by atoms with Gasteiger partial charge in [0.25, 0.3) is 0 Å². The summed E-state index contributed by atoms with van der Waals surface area (Å²) in [4.78, 5) is 23.4. The maximum atomic E-state index is 11.9. The Hall–Kier alpha value is -1.57. The van der Waals surface area contributed by atoms with E-state index in [1.807, 2.05) is 6.07 Å². The number of primary amides is 1. The second-order valence-corrected chi connectivity index (χ2v) is 4.20. The summed E-state index contributed by atoms with van der Waals surface area (Å²) >= 11 is 0. The van der Waals surface area contributed by atoms with Crippen LogP contribution in [0, 0.1) is 16.7 Å². The molecule has 1 fully saturated rings. The Labute approximate surface area is 95.0 Å². The molecular formula is C11H17N3O2. The van der Waals surface area contributed by atoms with E-state index in [-0.39, 0.29) is 12.5 Å². The first-order chi connectivity index (χ1) is 7.63. The highest BCUT2D eigenvalue weighted by Gasteiger charge is 2.43. The van der Waals surface area contributed by atoms with Gasteiger partial charge in [0.15, 0.2) is 0 Å². The van der Waals surface area contributed by atoms with E-state index in [4.69, 9.17) is 11.0 Å². The number of hydrogen-bond donors (Lipinski definition) is 2. The minimum Gasteiger partial charge on any atom is -0.369 e. The van der Waals surface area contributed by atoms with Gasteiger partial charge in [-0.15, -0.1) is 0 Å². The van der Waals surface area contributed by atoms with Gasteiger partial charge in [-0.25, -0.2) is 0 Å². The molecule has 2 amide bonds. The van der Waals surface area contributed by atoms with Crippen molar-refractivity contribution in [3.05, 3.63) is 0 Å². The smallest absolute Gasteiger partial charge is 0.236 e. The molecule has 0 aromatic carbocycles. The summed E-state index contributed by atoms with van der Waals surface area (Å²) in [5, 5.41) is 10.9. The Balaban J connectivity index is 2.82. The van der Waals surface area contributed by atoms with Gasteiger partial charge in [-0.2, -0.15) is 5.26 Å². The van der Waals surface area contributed by atoms with E-state index in [0.29, 0.717) is 12.8 Å². The first-order valence-electron chi connectivity index (χ1n) is 5.58. The van der Waals surface area contributed by atoms with Gasteiger partial charge in [0.05, 0.1) is 6.07 Å². The van der Waals surface area contributed by atoms with E-state index in [1.165, 1.54) is 0 Å². The summed E-state index contributed by atoms with van der Waals surface area (Å²) in [5.41, 5.74) is 4.27. The summed E-state index contributed by atoms with van der Waals surface area (Å²) in [6, 6.07) is 1.83. The number of carbonyl (C=O) groups excluding carboxylic acids is 2. The summed E-state index contributed by atoms with van der Waals surface area (Å²) in [6.07, 6.45) is 4.73. The van der Waals surface area contributed by atoms with Gasteiger partial charge < -0.3 is 11.1 Å². The van der Waals surface area contributed by atoms with Crippen LogP contribution in [0.15, 0.2) is 0 Å². The minimum absolute atomic E-state index is 0.0755. The summed E-state index contributed by atoms with van der Waals surface area (Å²) in [6.45, 7) is -0.0755. The van der Waals surface area contributed by atoms with Gasteiger partial charge in [-0.05, 0) is 12.8 Å². The molecule has 0 aliphatic heterocycles. The third kappa shape index (κ3) is 2.51. The normalized spacial score (nSPS) is 19.2. The molecule has 1 aliphatic rings. The molecule has 1 saturated carbocycles. The van der Waals surface area contributed by atoms with E-state index in [1.54, 1.807) is 0 Å². The first kappa shape index (κ1) is 12.5. The topological polar surface area (TPSA) is 96.0 Å². The zero-order chi connectivity index (χ0) is 12.0. The van der Waals surface area contributed by atoms with Gasteiger partial charge in [-0.1, -0.05) is 25.7 Å². The fraction of sp³-hybridized carbons (Fsp3) is 0.727. The highest BCUT2D eigenvalue weighted by Crippen LogP contribution is 2.35. The maximum Gasteiger partial charge on any atom is 0.236 e. The number of carbonyl (C=O) groups is 2. The van der Waals surface area contributed by atoms with E-state index in [0.717, 1.165) is 25.7 Å². The Kier molecular flexibility index (Phi) is 4.29. The van der Waals surface area contributed by atoms with E-state index < -0.39 is 11.3 Å². The van der Waals surface area contributed by atoms with Crippen LogP contribution in [0.3, 0.4) is 0 Å². The lowest BCUT2D eigenvalue weighted by molar-refractivity contribution is -0.142. The molecule has 88 valence electrons. The largest absolute Gasteiger partial charge is 0.369 e. The van der Waals surface area contributed by atoms with Crippen LogP contribution in [0.1, 0.15) is 38.5 Å². The fourth-order valence-electron chi connectivity index (χ4n) is 2.21. The van der Waals surface area contributed by atoms with E-state index in [9.17, 15) is 9.59 Å². The van der Waals surface area contributed by atoms with Crippen molar-refractivity contribution in [1.29, 1.82) is 5.26 Å². The number of nitriles is 1. The average Bonchev–Trinajstić information content (AvgIpc) is 2.52. The Bertz CT molecular complexity index is 312. The molecule has 1 aliphatic carbocycles. The fourth-order valence-corrected chi connectivity index (χ4v) is 2.21. The van der Waals surface area contributed by atoms with Crippen LogP contribution in [0.2, 0.25) is 0 Å². The SMILES string of the molecule is N#CCNC(=O)C1(C(N)=O)CCCCCC1. The van der Waals surface area contributed by atoms with Gasteiger partial charge in [0.1, 0.15) is 12.0 Å². The molecule has 0 saturated heterocycles. The van der Waals surface area contributed by atoms with Crippen molar-refractivity contribution in [2.24, 2.45) is 11.1 Å². The van der Waals surface area contributed by atoms with Gasteiger partial charge in [0, 0.05) is 0 Å². The zero-order valence-electron chi connectivity index (χ0n) is 9.29. The van der Waals surface area contributed by atoms with Crippen molar-refractivity contribution in [2.45, 2.75) is 38.5 Å². The van der Waals surface area contributed by atoms with Crippen molar-refractivity contribution in [3.63, 3.8) is 0 Å². The quantitative estimate of drug-likeness (QED) is 0.413. The van der Waals surface area contributed by atoms with Crippen molar-refractivity contribution in [3.8, 4) is 6.07 Å². The van der Waals surface area contributed by atoms with Crippen molar-refractivity contribution in [2.75, 3.05) is 6.54 Å². The van der Waals surface area contributed by atoms with Crippen molar-refractivity contribution >= 4 is 11.8 Å².